The molecule has 0 saturated heterocycles. The molecule has 24 heavy (non-hydrogen) atoms. The van der Waals surface area contributed by atoms with Gasteiger partial charge in [0.15, 0.2) is 0 Å². The molecule has 1 aliphatic carbocycles. The van der Waals surface area contributed by atoms with Gasteiger partial charge in [0.05, 0.1) is 10.8 Å². The largest absolute Gasteiger partial charge is 0.316 e. The van der Waals surface area contributed by atoms with E-state index in [9.17, 15) is 10.1 Å². The average Bonchev–Trinajstić information content (AvgIpc) is 3.02. The topological polar surface area (TPSA) is 96.5 Å². The lowest BCUT2D eigenvalue weighted by molar-refractivity contribution is -0.115. The van der Waals surface area contributed by atoms with Gasteiger partial charge in [-0.1, -0.05) is 18.2 Å². The van der Waals surface area contributed by atoms with Crippen molar-refractivity contribution in [2.75, 3.05) is 5.32 Å². The van der Waals surface area contributed by atoms with Gasteiger partial charge >= 0.3 is 0 Å². The van der Waals surface area contributed by atoms with Gasteiger partial charge < -0.3 is 5.32 Å². The third-order valence-corrected chi connectivity index (χ3v) is 6.33. The van der Waals surface area contributed by atoms with Gasteiger partial charge in [0.2, 0.25) is 11.1 Å². The molecule has 3 rings (SSSR count). The Bertz CT molecular complexity index is 790. The van der Waals surface area contributed by atoms with Gasteiger partial charge in [-0.15, -0.1) is 16.4 Å². The molecule has 1 aliphatic rings. The third-order valence-electron chi connectivity index (χ3n) is 4.00. The van der Waals surface area contributed by atoms with Crippen molar-refractivity contribution in [2.45, 2.75) is 49.4 Å². The minimum absolute atomic E-state index is 0.143. The molecule has 0 unspecified atom stereocenters. The monoisotopic (exact) mass is 362 g/mol. The van der Waals surface area contributed by atoms with Crippen molar-refractivity contribution >= 4 is 34.0 Å². The molecular weight excluding hydrogens is 344 g/mol. The summed E-state index contributed by atoms with van der Waals surface area (Å²) in [6, 6.07) is 2.28. The zero-order valence-electron chi connectivity index (χ0n) is 13.6. The quantitative estimate of drug-likeness (QED) is 0.663. The number of amides is 1. The Kier molecular flexibility index (Phi) is 5.16. The molecule has 2 aromatic heterocycles. The van der Waals surface area contributed by atoms with Gasteiger partial charge in [0.25, 0.3) is 0 Å². The summed E-state index contributed by atoms with van der Waals surface area (Å²) < 4.78 is 1.53. The summed E-state index contributed by atoms with van der Waals surface area (Å²) in [5.74, 6) is -0.143. The van der Waals surface area contributed by atoms with Crippen LogP contribution in [0.1, 0.15) is 42.2 Å². The average molecular weight is 362 g/mol. The highest BCUT2D eigenvalue weighted by Crippen LogP contribution is 2.37. The molecule has 0 spiro atoms. The molecule has 0 fully saturated rings. The van der Waals surface area contributed by atoms with Crippen LogP contribution in [0, 0.1) is 11.3 Å². The normalized spacial score (nSPS) is 15.2. The van der Waals surface area contributed by atoms with Crippen molar-refractivity contribution in [2.24, 2.45) is 7.05 Å². The summed E-state index contributed by atoms with van der Waals surface area (Å²) in [6.45, 7) is 1.80. The van der Waals surface area contributed by atoms with Crippen LogP contribution in [0.25, 0.3) is 0 Å². The number of fused-ring (bicyclic) bond motifs is 1. The fourth-order valence-corrected chi connectivity index (χ4v) is 4.69. The maximum atomic E-state index is 12.5. The summed E-state index contributed by atoms with van der Waals surface area (Å²) in [7, 11) is 1.73. The lowest BCUT2D eigenvalue weighted by Gasteiger charge is -2.10. The number of thioether (sulfide) groups is 1. The van der Waals surface area contributed by atoms with Crippen molar-refractivity contribution in [3.05, 3.63) is 16.0 Å². The van der Waals surface area contributed by atoms with Crippen LogP contribution in [0.4, 0.5) is 5.00 Å². The number of carbonyl (C=O) groups is 1. The smallest absolute Gasteiger partial charge is 0.238 e. The highest BCUT2D eigenvalue weighted by molar-refractivity contribution is 8.00. The van der Waals surface area contributed by atoms with Crippen LogP contribution < -0.4 is 5.32 Å². The molecular formula is C15H18N6OS2. The molecule has 9 heteroatoms. The number of thiophene rings is 1. The van der Waals surface area contributed by atoms with Crippen molar-refractivity contribution in [3.63, 3.8) is 0 Å². The lowest BCUT2D eigenvalue weighted by atomic mass is 10.1. The molecule has 126 valence electrons. The molecule has 2 heterocycles. The molecule has 0 radical (unpaired) electrons. The number of hydrogen-bond acceptors (Lipinski definition) is 7. The Morgan fingerprint density at radius 3 is 2.92 bits per heavy atom. The maximum Gasteiger partial charge on any atom is 0.238 e. The van der Waals surface area contributed by atoms with E-state index in [2.05, 4.69) is 26.9 Å². The predicted molar refractivity (Wildman–Crippen MR) is 93.0 cm³/mol. The summed E-state index contributed by atoms with van der Waals surface area (Å²) >= 11 is 2.84. The van der Waals surface area contributed by atoms with Crippen LogP contribution in [0.15, 0.2) is 5.16 Å². The lowest BCUT2D eigenvalue weighted by Crippen LogP contribution is -2.22. The van der Waals surface area contributed by atoms with E-state index >= 15 is 0 Å². The van der Waals surface area contributed by atoms with E-state index in [4.69, 9.17) is 0 Å². The highest BCUT2D eigenvalue weighted by Gasteiger charge is 2.23. The fourth-order valence-electron chi connectivity index (χ4n) is 2.70. The number of rotatable bonds is 4. The summed E-state index contributed by atoms with van der Waals surface area (Å²) in [5.41, 5.74) is 1.77. The van der Waals surface area contributed by atoms with E-state index in [1.807, 2.05) is 0 Å². The Morgan fingerprint density at radius 1 is 1.42 bits per heavy atom. The number of nitrogens with zero attached hydrogens (tertiary/aromatic N) is 5. The first-order chi connectivity index (χ1) is 11.6. The number of hydrogen-bond donors (Lipinski definition) is 1. The second-order valence-corrected chi connectivity index (χ2v) is 8.13. The Labute approximate surface area is 148 Å². The second-order valence-electron chi connectivity index (χ2n) is 5.71. The summed E-state index contributed by atoms with van der Waals surface area (Å²) in [6.07, 6.45) is 5.39. The van der Waals surface area contributed by atoms with Gasteiger partial charge in [-0.3, -0.25) is 4.79 Å². The minimum atomic E-state index is -0.358. The zero-order chi connectivity index (χ0) is 17.1. The number of nitrogens with one attached hydrogen (secondary N) is 1. The number of aromatic nitrogens is 4. The molecule has 0 saturated carbocycles. The van der Waals surface area contributed by atoms with Gasteiger partial charge in [0.1, 0.15) is 11.1 Å². The van der Waals surface area contributed by atoms with Crippen LogP contribution in [0.2, 0.25) is 0 Å². The molecule has 1 atom stereocenters. The molecule has 0 bridgehead atoms. The molecule has 1 N–H and O–H groups in total. The van der Waals surface area contributed by atoms with E-state index in [-0.39, 0.29) is 11.2 Å². The third kappa shape index (κ3) is 3.44. The fraction of sp³-hybridized carbons (Fsp3) is 0.533. The number of anilines is 1. The number of nitriles is 1. The van der Waals surface area contributed by atoms with Crippen LogP contribution in [-0.2, 0) is 24.7 Å². The summed E-state index contributed by atoms with van der Waals surface area (Å²) in [5, 5.41) is 24.6. The van der Waals surface area contributed by atoms with Crippen LogP contribution >= 0.6 is 23.1 Å². The molecule has 0 aromatic carbocycles. The van der Waals surface area contributed by atoms with Gasteiger partial charge in [-0.05, 0) is 48.6 Å². The van der Waals surface area contributed by atoms with E-state index in [0.717, 1.165) is 31.2 Å². The van der Waals surface area contributed by atoms with E-state index in [0.29, 0.717) is 15.7 Å². The van der Waals surface area contributed by atoms with Crippen molar-refractivity contribution in [1.29, 1.82) is 5.26 Å². The van der Waals surface area contributed by atoms with Crippen LogP contribution in [0.3, 0.4) is 0 Å². The minimum Gasteiger partial charge on any atom is -0.316 e. The van der Waals surface area contributed by atoms with Crippen molar-refractivity contribution in [1.82, 2.24) is 20.2 Å². The number of aryl methyl sites for hydroxylation is 2. The second kappa shape index (κ2) is 7.32. The number of tetrazole rings is 1. The van der Waals surface area contributed by atoms with E-state index in [1.54, 1.807) is 25.3 Å². The first kappa shape index (κ1) is 16.9. The number of carbonyl (C=O) groups excluding carboxylic acids is 1. The molecule has 1 amide bonds. The molecule has 0 aliphatic heterocycles. The van der Waals surface area contributed by atoms with Gasteiger partial charge in [-0.2, -0.15) is 5.26 Å². The highest BCUT2D eigenvalue weighted by atomic mass is 32.2. The predicted octanol–water partition coefficient (Wildman–Crippen LogP) is 2.53. The van der Waals surface area contributed by atoms with Gasteiger partial charge in [-0.25, -0.2) is 4.68 Å². The van der Waals surface area contributed by atoms with Crippen molar-refractivity contribution in [3.8, 4) is 6.07 Å². The van der Waals surface area contributed by atoms with E-state index in [1.165, 1.54) is 27.7 Å². The molecule has 7 nitrogen and oxygen atoms in total. The van der Waals surface area contributed by atoms with E-state index < -0.39 is 0 Å². The first-order valence-corrected chi connectivity index (χ1v) is 9.54. The Balaban J connectivity index is 1.74. The zero-order valence-corrected chi connectivity index (χ0v) is 15.2. The molecule has 2 aromatic rings. The van der Waals surface area contributed by atoms with Crippen LogP contribution in [0.5, 0.6) is 0 Å². The standard InChI is InChI=1S/C15H18N6OS2/c1-9(23-15-18-19-20-21(15)2)13(22)17-14-11(8-16)10-6-4-3-5-7-12(10)24-14/h9H,3-7H2,1-2H3,(H,17,22)/t9-/m1/s1. The van der Waals surface area contributed by atoms with Gasteiger partial charge in [0, 0.05) is 11.9 Å². The Hall–Kier alpha value is -1.92. The Morgan fingerprint density at radius 2 is 2.21 bits per heavy atom. The van der Waals surface area contributed by atoms with Crippen LogP contribution in [-0.4, -0.2) is 31.4 Å². The van der Waals surface area contributed by atoms with Crippen molar-refractivity contribution < 1.29 is 4.79 Å². The summed E-state index contributed by atoms with van der Waals surface area (Å²) in [4.78, 5) is 13.7. The first-order valence-electron chi connectivity index (χ1n) is 7.84. The maximum absolute atomic E-state index is 12.5. The SMILES string of the molecule is C[C@@H](Sc1nnnn1C)C(=O)Nc1sc2c(c1C#N)CCCCC2.